The van der Waals surface area contributed by atoms with Crippen molar-refractivity contribution in [3.63, 3.8) is 0 Å². The van der Waals surface area contributed by atoms with Crippen molar-refractivity contribution < 1.29 is 4.39 Å². The highest BCUT2D eigenvalue weighted by molar-refractivity contribution is 5.37. The van der Waals surface area contributed by atoms with Crippen molar-refractivity contribution in [3.05, 3.63) is 35.8 Å². The third-order valence-corrected chi connectivity index (χ3v) is 1.76. The Kier molecular flexibility index (Phi) is 2.47. The maximum atomic E-state index is 13.0. The second-order valence-corrected chi connectivity index (χ2v) is 2.42. The van der Waals surface area contributed by atoms with E-state index in [1.807, 2.05) is 0 Å². The maximum absolute atomic E-state index is 13.0. The fraction of sp³-hybridized carbons (Fsp3) is 0.333. The van der Waals surface area contributed by atoms with Crippen LogP contribution in [0.15, 0.2) is 35.8 Å². The van der Waals surface area contributed by atoms with Crippen LogP contribution >= 0.6 is 0 Å². The van der Waals surface area contributed by atoms with Crippen LogP contribution in [0.4, 0.5) is 4.39 Å². The summed E-state index contributed by atoms with van der Waals surface area (Å²) >= 11 is 0. The minimum absolute atomic E-state index is 0.183. The first-order valence-electron chi connectivity index (χ1n) is 3.71. The van der Waals surface area contributed by atoms with Crippen molar-refractivity contribution >= 4 is 0 Å². The molecule has 1 aliphatic heterocycles. The van der Waals surface area contributed by atoms with Crippen LogP contribution in [0.2, 0.25) is 0 Å². The van der Waals surface area contributed by atoms with Crippen LogP contribution in [0.1, 0.15) is 13.3 Å². The molecule has 0 aromatic heterocycles. The van der Waals surface area contributed by atoms with Crippen LogP contribution in [0.3, 0.4) is 0 Å². The smallest absolute Gasteiger partial charge is 0.142 e. The normalized spacial score (nSPS) is 18.5. The Morgan fingerprint density at radius 2 is 2.45 bits per heavy atom. The summed E-state index contributed by atoms with van der Waals surface area (Å²) in [6.45, 7) is 6.12. The van der Waals surface area contributed by atoms with Gasteiger partial charge < -0.3 is 5.32 Å². The first-order chi connectivity index (χ1) is 5.29. The molecule has 0 amide bonds. The molecular weight excluding hydrogens is 141 g/mol. The van der Waals surface area contributed by atoms with E-state index >= 15 is 0 Å². The molecule has 0 unspecified atom stereocenters. The molecule has 1 nitrogen and oxygen atoms in total. The molecule has 0 spiro atoms. The van der Waals surface area contributed by atoms with E-state index in [0.29, 0.717) is 5.70 Å². The topological polar surface area (TPSA) is 12.0 Å². The van der Waals surface area contributed by atoms with E-state index in [-0.39, 0.29) is 5.83 Å². The number of halogens is 1. The molecule has 0 fully saturated rings. The van der Waals surface area contributed by atoms with Gasteiger partial charge in [0.15, 0.2) is 0 Å². The molecular formula is C9H12FN. The van der Waals surface area contributed by atoms with Crippen molar-refractivity contribution in [1.82, 2.24) is 5.32 Å². The molecule has 1 N–H and O–H groups in total. The molecule has 0 saturated carbocycles. The van der Waals surface area contributed by atoms with Gasteiger partial charge in [0.2, 0.25) is 0 Å². The molecule has 11 heavy (non-hydrogen) atoms. The SMILES string of the molecule is C=CC1=C(/C(F)=C\C)NCC1. The quantitative estimate of drug-likeness (QED) is 0.641. The Hall–Kier alpha value is -1.05. The first kappa shape index (κ1) is 8.05. The fourth-order valence-electron chi connectivity index (χ4n) is 1.15. The van der Waals surface area contributed by atoms with Gasteiger partial charge in [-0.05, 0) is 25.0 Å². The predicted octanol–water partition coefficient (Wildman–Crippen LogP) is 2.29. The van der Waals surface area contributed by atoms with E-state index in [1.54, 1.807) is 13.0 Å². The third-order valence-electron chi connectivity index (χ3n) is 1.76. The molecule has 1 rings (SSSR count). The molecule has 0 aliphatic carbocycles. The molecule has 60 valence electrons. The summed E-state index contributed by atoms with van der Waals surface area (Å²) in [5.41, 5.74) is 1.59. The Morgan fingerprint density at radius 1 is 1.73 bits per heavy atom. The Balaban J connectivity index is 2.91. The molecule has 0 radical (unpaired) electrons. The van der Waals surface area contributed by atoms with Gasteiger partial charge in [-0.1, -0.05) is 12.7 Å². The summed E-state index contributed by atoms with van der Waals surface area (Å²) in [5.74, 6) is -0.183. The number of rotatable bonds is 2. The Morgan fingerprint density at radius 3 is 3.00 bits per heavy atom. The highest BCUT2D eigenvalue weighted by Crippen LogP contribution is 2.21. The van der Waals surface area contributed by atoms with Crippen LogP contribution in [-0.4, -0.2) is 6.54 Å². The minimum Gasteiger partial charge on any atom is -0.382 e. The summed E-state index contributed by atoms with van der Waals surface area (Å²) in [5, 5.41) is 2.97. The van der Waals surface area contributed by atoms with Crippen LogP contribution in [0.5, 0.6) is 0 Å². The zero-order chi connectivity index (χ0) is 8.27. The van der Waals surface area contributed by atoms with Gasteiger partial charge in [0, 0.05) is 6.54 Å². The van der Waals surface area contributed by atoms with Crippen molar-refractivity contribution in [3.8, 4) is 0 Å². The molecule has 0 aromatic carbocycles. The number of hydrogen-bond donors (Lipinski definition) is 1. The van der Waals surface area contributed by atoms with Crippen LogP contribution < -0.4 is 5.32 Å². The summed E-state index contributed by atoms with van der Waals surface area (Å²) in [4.78, 5) is 0. The highest BCUT2D eigenvalue weighted by atomic mass is 19.1. The molecule has 1 aliphatic rings. The van der Waals surface area contributed by atoms with E-state index in [2.05, 4.69) is 11.9 Å². The van der Waals surface area contributed by atoms with Gasteiger partial charge in [-0.2, -0.15) is 0 Å². The molecule has 1 heterocycles. The largest absolute Gasteiger partial charge is 0.382 e. The molecule has 0 saturated heterocycles. The van der Waals surface area contributed by atoms with Gasteiger partial charge in [-0.3, -0.25) is 0 Å². The zero-order valence-electron chi connectivity index (χ0n) is 6.65. The van der Waals surface area contributed by atoms with Gasteiger partial charge in [-0.15, -0.1) is 0 Å². The van der Waals surface area contributed by atoms with Crippen molar-refractivity contribution in [2.75, 3.05) is 6.54 Å². The summed E-state index contributed by atoms with van der Waals surface area (Å²) in [6, 6.07) is 0. The lowest BCUT2D eigenvalue weighted by Crippen LogP contribution is -2.07. The van der Waals surface area contributed by atoms with Gasteiger partial charge >= 0.3 is 0 Å². The monoisotopic (exact) mass is 153 g/mol. The van der Waals surface area contributed by atoms with Crippen molar-refractivity contribution in [2.45, 2.75) is 13.3 Å². The molecule has 2 heteroatoms. The summed E-state index contributed by atoms with van der Waals surface area (Å²) < 4.78 is 13.0. The average molecular weight is 153 g/mol. The van der Waals surface area contributed by atoms with E-state index in [9.17, 15) is 4.39 Å². The van der Waals surface area contributed by atoms with E-state index in [1.165, 1.54) is 6.08 Å². The highest BCUT2D eigenvalue weighted by Gasteiger charge is 2.13. The zero-order valence-corrected chi connectivity index (χ0v) is 6.65. The van der Waals surface area contributed by atoms with Crippen LogP contribution in [-0.2, 0) is 0 Å². The van der Waals surface area contributed by atoms with Gasteiger partial charge in [0.1, 0.15) is 5.83 Å². The lowest BCUT2D eigenvalue weighted by molar-refractivity contribution is 0.630. The second kappa shape index (κ2) is 3.37. The van der Waals surface area contributed by atoms with Crippen LogP contribution in [0.25, 0.3) is 0 Å². The number of hydrogen-bond acceptors (Lipinski definition) is 1. The molecule has 0 atom stereocenters. The van der Waals surface area contributed by atoms with E-state index in [4.69, 9.17) is 0 Å². The number of nitrogens with one attached hydrogen (secondary N) is 1. The summed E-state index contributed by atoms with van der Waals surface area (Å²) in [7, 11) is 0. The molecule has 0 bridgehead atoms. The predicted molar refractivity (Wildman–Crippen MR) is 44.7 cm³/mol. The van der Waals surface area contributed by atoms with Gasteiger partial charge in [0.25, 0.3) is 0 Å². The average Bonchev–Trinajstić information content (AvgIpc) is 2.50. The Labute approximate surface area is 66.3 Å². The number of allylic oxidation sites excluding steroid dienone is 3. The third kappa shape index (κ3) is 1.50. The van der Waals surface area contributed by atoms with Crippen molar-refractivity contribution in [1.29, 1.82) is 0 Å². The van der Waals surface area contributed by atoms with Gasteiger partial charge in [0.05, 0.1) is 5.70 Å². The fourth-order valence-corrected chi connectivity index (χ4v) is 1.15. The van der Waals surface area contributed by atoms with E-state index < -0.39 is 0 Å². The van der Waals surface area contributed by atoms with E-state index in [0.717, 1.165) is 18.5 Å². The Bertz CT molecular complexity index is 226. The summed E-state index contributed by atoms with van der Waals surface area (Å²) in [6.07, 6.45) is 4.04. The molecule has 0 aromatic rings. The second-order valence-electron chi connectivity index (χ2n) is 2.42. The maximum Gasteiger partial charge on any atom is 0.142 e. The van der Waals surface area contributed by atoms with Crippen LogP contribution in [0, 0.1) is 0 Å². The minimum atomic E-state index is -0.183. The lowest BCUT2D eigenvalue weighted by Gasteiger charge is -2.00. The van der Waals surface area contributed by atoms with Gasteiger partial charge in [-0.25, -0.2) is 4.39 Å². The lowest BCUT2D eigenvalue weighted by atomic mass is 10.2. The van der Waals surface area contributed by atoms with Crippen molar-refractivity contribution in [2.24, 2.45) is 0 Å². The first-order valence-corrected chi connectivity index (χ1v) is 3.71. The standard InChI is InChI=1S/C9H12FN/c1-3-7-5-6-11-9(7)8(10)4-2/h3-4,11H,1,5-6H2,2H3/b8-4+.